The van der Waals surface area contributed by atoms with E-state index < -0.39 is 0 Å². The van der Waals surface area contributed by atoms with Crippen LogP contribution in [0.25, 0.3) is 15.7 Å². The van der Waals surface area contributed by atoms with Crippen LogP contribution in [0.1, 0.15) is 24.7 Å². The molecule has 144 valence electrons. The normalized spacial score (nSPS) is 12.5. The number of aromatic nitrogens is 3. The molecule has 0 aliphatic heterocycles. The number of nitrogens with one attached hydrogen (secondary N) is 1. The summed E-state index contributed by atoms with van der Waals surface area (Å²) in [5, 5.41) is 14.5. The summed E-state index contributed by atoms with van der Waals surface area (Å²) in [5.41, 5.74) is 3.40. The molecule has 4 aromatic rings. The predicted octanol–water partition coefficient (Wildman–Crippen LogP) is 4.48. The lowest BCUT2D eigenvalue weighted by atomic mass is 10.1. The van der Waals surface area contributed by atoms with Gasteiger partial charge in [0.05, 0.1) is 21.0 Å². The summed E-state index contributed by atoms with van der Waals surface area (Å²) in [5.74, 6) is 0.908. The molecule has 1 N–H and O–H groups in total. The number of benzene rings is 1. The number of carbonyl (C=O) groups excluding carboxylic acids is 1. The first kappa shape index (κ1) is 19.0. The van der Waals surface area contributed by atoms with Gasteiger partial charge in [-0.15, -0.1) is 21.5 Å². The number of thiophene rings is 1. The van der Waals surface area contributed by atoms with Gasteiger partial charge in [0.2, 0.25) is 5.91 Å². The third-order valence-corrected chi connectivity index (χ3v) is 6.92. The van der Waals surface area contributed by atoms with E-state index in [4.69, 9.17) is 0 Å². The van der Waals surface area contributed by atoms with Gasteiger partial charge >= 0.3 is 0 Å². The van der Waals surface area contributed by atoms with Gasteiger partial charge in [-0.3, -0.25) is 9.20 Å². The average Bonchev–Trinajstić information content (AvgIpc) is 3.30. The molecule has 5 nitrogen and oxygen atoms in total. The van der Waals surface area contributed by atoms with Crippen molar-refractivity contribution in [2.75, 3.05) is 6.54 Å². The van der Waals surface area contributed by atoms with Gasteiger partial charge in [-0.1, -0.05) is 49.0 Å². The zero-order valence-electron chi connectivity index (χ0n) is 15.9. The Kier molecular flexibility index (Phi) is 5.64. The van der Waals surface area contributed by atoms with Crippen molar-refractivity contribution < 1.29 is 4.79 Å². The molecule has 28 heavy (non-hydrogen) atoms. The fraction of sp³-hybridized carbons (Fsp3) is 0.286. The second-order valence-electron chi connectivity index (χ2n) is 6.63. The molecule has 0 bridgehead atoms. The lowest BCUT2D eigenvalue weighted by molar-refractivity contribution is -0.120. The van der Waals surface area contributed by atoms with E-state index in [0.717, 1.165) is 34.7 Å². The SMILES string of the molecule is CC[C@@H](Sc1nnc(C)n2c1cc1sccc12)C(=O)NCCc1ccccc1. The minimum absolute atomic E-state index is 0.0531. The number of hydrogen-bond donors (Lipinski definition) is 1. The van der Waals surface area contributed by atoms with Crippen molar-refractivity contribution >= 4 is 44.7 Å². The molecule has 7 heteroatoms. The number of amides is 1. The first-order valence-corrected chi connectivity index (χ1v) is 11.1. The van der Waals surface area contributed by atoms with Gasteiger partial charge in [0, 0.05) is 6.54 Å². The maximum atomic E-state index is 12.7. The fourth-order valence-electron chi connectivity index (χ4n) is 3.27. The Morgan fingerprint density at radius 3 is 2.82 bits per heavy atom. The number of carbonyl (C=O) groups is 1. The molecule has 3 heterocycles. The Balaban J connectivity index is 1.48. The number of fused-ring (bicyclic) bond motifs is 3. The van der Waals surface area contributed by atoms with E-state index in [2.05, 4.69) is 49.6 Å². The van der Waals surface area contributed by atoms with Crippen LogP contribution in [0.3, 0.4) is 0 Å². The molecule has 0 unspecified atom stereocenters. The summed E-state index contributed by atoms with van der Waals surface area (Å²) < 4.78 is 3.33. The van der Waals surface area contributed by atoms with Gasteiger partial charge < -0.3 is 5.32 Å². The highest BCUT2D eigenvalue weighted by molar-refractivity contribution is 8.00. The minimum atomic E-state index is -0.190. The summed E-state index contributed by atoms with van der Waals surface area (Å²) in [6.45, 7) is 4.62. The summed E-state index contributed by atoms with van der Waals surface area (Å²) in [6, 6.07) is 14.4. The van der Waals surface area contributed by atoms with Crippen LogP contribution in [-0.2, 0) is 11.2 Å². The zero-order chi connectivity index (χ0) is 19.5. The molecule has 0 saturated carbocycles. The number of aryl methyl sites for hydroxylation is 1. The largest absolute Gasteiger partial charge is 0.355 e. The van der Waals surface area contributed by atoms with Crippen molar-refractivity contribution in [2.45, 2.75) is 37.0 Å². The first-order chi connectivity index (χ1) is 13.7. The van der Waals surface area contributed by atoms with Crippen molar-refractivity contribution in [1.29, 1.82) is 0 Å². The smallest absolute Gasteiger partial charge is 0.233 e. The summed E-state index contributed by atoms with van der Waals surface area (Å²) in [4.78, 5) is 12.7. The van der Waals surface area contributed by atoms with Crippen LogP contribution < -0.4 is 5.32 Å². The van der Waals surface area contributed by atoms with E-state index in [9.17, 15) is 4.79 Å². The molecule has 0 aliphatic carbocycles. The van der Waals surface area contributed by atoms with Gasteiger partial charge in [-0.25, -0.2) is 0 Å². The molecule has 4 rings (SSSR count). The maximum Gasteiger partial charge on any atom is 0.233 e. The van der Waals surface area contributed by atoms with E-state index in [-0.39, 0.29) is 11.2 Å². The Bertz CT molecular complexity index is 1100. The van der Waals surface area contributed by atoms with Gasteiger partial charge in [0.25, 0.3) is 0 Å². The summed E-state index contributed by atoms with van der Waals surface area (Å²) in [6.07, 6.45) is 1.57. The Morgan fingerprint density at radius 2 is 2.04 bits per heavy atom. The number of thioether (sulfide) groups is 1. The maximum absolute atomic E-state index is 12.7. The van der Waals surface area contributed by atoms with Crippen LogP contribution in [0, 0.1) is 6.92 Å². The van der Waals surface area contributed by atoms with Gasteiger partial charge in [-0.2, -0.15) is 0 Å². The molecule has 0 saturated heterocycles. The van der Waals surface area contributed by atoms with E-state index in [1.54, 1.807) is 11.3 Å². The fourth-order valence-corrected chi connectivity index (χ4v) is 5.06. The van der Waals surface area contributed by atoms with Crippen LogP contribution in [0.5, 0.6) is 0 Å². The molecule has 1 atom stereocenters. The molecular formula is C21H22N4OS2. The van der Waals surface area contributed by atoms with Crippen molar-refractivity contribution in [3.63, 3.8) is 0 Å². The van der Waals surface area contributed by atoms with Gasteiger partial charge in [-0.05, 0) is 42.8 Å². The third kappa shape index (κ3) is 3.77. The van der Waals surface area contributed by atoms with Crippen molar-refractivity contribution in [2.24, 2.45) is 0 Å². The molecule has 0 spiro atoms. The second kappa shape index (κ2) is 8.32. The molecular weight excluding hydrogens is 388 g/mol. The summed E-state index contributed by atoms with van der Waals surface area (Å²) >= 11 is 3.20. The second-order valence-corrected chi connectivity index (χ2v) is 8.77. The van der Waals surface area contributed by atoms with E-state index in [1.165, 1.54) is 22.0 Å². The molecule has 0 radical (unpaired) electrons. The highest BCUT2D eigenvalue weighted by Gasteiger charge is 2.21. The Labute approximate surface area is 172 Å². The van der Waals surface area contributed by atoms with E-state index in [1.807, 2.05) is 32.0 Å². The zero-order valence-corrected chi connectivity index (χ0v) is 17.5. The topological polar surface area (TPSA) is 59.3 Å². The number of rotatable bonds is 7. The molecule has 3 aromatic heterocycles. The Morgan fingerprint density at radius 1 is 1.21 bits per heavy atom. The molecule has 0 aliphatic rings. The molecule has 1 amide bonds. The van der Waals surface area contributed by atoms with Gasteiger partial charge in [0.1, 0.15) is 10.9 Å². The van der Waals surface area contributed by atoms with Crippen LogP contribution in [0.15, 0.2) is 52.9 Å². The van der Waals surface area contributed by atoms with E-state index in [0.29, 0.717) is 6.54 Å². The van der Waals surface area contributed by atoms with Crippen LogP contribution in [-0.4, -0.2) is 32.3 Å². The lowest BCUT2D eigenvalue weighted by Crippen LogP contribution is -2.33. The van der Waals surface area contributed by atoms with E-state index >= 15 is 0 Å². The molecule has 1 aromatic carbocycles. The van der Waals surface area contributed by atoms with Crippen molar-refractivity contribution in [1.82, 2.24) is 19.9 Å². The third-order valence-electron chi connectivity index (χ3n) is 4.72. The van der Waals surface area contributed by atoms with Crippen LogP contribution in [0.4, 0.5) is 0 Å². The van der Waals surface area contributed by atoms with Crippen molar-refractivity contribution in [3.8, 4) is 0 Å². The number of nitrogens with zero attached hydrogens (tertiary/aromatic N) is 3. The Hall–Kier alpha value is -2.38. The van der Waals surface area contributed by atoms with Crippen molar-refractivity contribution in [3.05, 3.63) is 59.2 Å². The quantitative estimate of drug-likeness (QED) is 0.456. The van der Waals surface area contributed by atoms with Crippen LogP contribution in [0.2, 0.25) is 0 Å². The molecule has 0 fully saturated rings. The average molecular weight is 411 g/mol. The van der Waals surface area contributed by atoms with Gasteiger partial charge in [0.15, 0.2) is 0 Å². The lowest BCUT2D eigenvalue weighted by Gasteiger charge is -2.15. The highest BCUT2D eigenvalue weighted by Crippen LogP contribution is 2.33. The summed E-state index contributed by atoms with van der Waals surface area (Å²) in [7, 11) is 0. The monoisotopic (exact) mass is 410 g/mol. The predicted molar refractivity (Wildman–Crippen MR) is 116 cm³/mol. The highest BCUT2D eigenvalue weighted by atomic mass is 32.2. The number of hydrogen-bond acceptors (Lipinski definition) is 5. The van der Waals surface area contributed by atoms with Crippen LogP contribution >= 0.6 is 23.1 Å². The minimum Gasteiger partial charge on any atom is -0.355 e. The first-order valence-electron chi connectivity index (χ1n) is 9.37. The standard InChI is InChI=1S/C21H22N4OS2/c1-3-18(20(26)22-11-9-15-7-5-4-6-8-15)28-21-17-13-19-16(10-12-27-19)25(17)14(2)23-24-21/h4-8,10,12-13,18H,3,9,11H2,1-2H3,(H,22,26)/t18-/m1/s1.